The van der Waals surface area contributed by atoms with Crippen molar-refractivity contribution in [3.05, 3.63) is 11.1 Å². The van der Waals surface area contributed by atoms with Gasteiger partial charge >= 0.3 is 5.97 Å². The van der Waals surface area contributed by atoms with Crippen LogP contribution in [0.5, 0.6) is 0 Å². The first kappa shape index (κ1) is 13.7. The second-order valence-corrected chi connectivity index (χ2v) is 6.58. The molecule has 0 amide bonds. The van der Waals surface area contributed by atoms with Crippen LogP contribution in [-0.2, 0) is 11.2 Å². The summed E-state index contributed by atoms with van der Waals surface area (Å²) in [7, 11) is 0. The molecule has 0 saturated heterocycles. The zero-order valence-corrected chi connectivity index (χ0v) is 12.0. The molecule has 0 spiro atoms. The molecular formula is C12H18N2O2S2. The lowest BCUT2D eigenvalue weighted by atomic mass is 9.95. The number of hydrogen-bond donors (Lipinski definition) is 2. The number of nitrogens with zero attached hydrogens (tertiary/aromatic N) is 1. The Morgan fingerprint density at radius 1 is 1.67 bits per heavy atom. The van der Waals surface area contributed by atoms with Gasteiger partial charge in [0.2, 0.25) is 0 Å². The Labute approximate surface area is 115 Å². The first-order chi connectivity index (χ1) is 8.67. The first-order valence-corrected chi connectivity index (χ1v) is 8.29. The van der Waals surface area contributed by atoms with Gasteiger partial charge in [0.25, 0.3) is 0 Å². The minimum Gasteiger partial charge on any atom is -0.481 e. The van der Waals surface area contributed by atoms with Gasteiger partial charge in [0, 0.05) is 16.7 Å². The van der Waals surface area contributed by atoms with E-state index in [4.69, 9.17) is 5.11 Å². The van der Waals surface area contributed by atoms with Crippen LogP contribution < -0.4 is 5.32 Å². The van der Waals surface area contributed by atoms with E-state index in [1.165, 1.54) is 37.0 Å². The Morgan fingerprint density at radius 2 is 2.50 bits per heavy atom. The SMILES string of the molecule is CSC1CCCC(Nc2nc(CC(=O)O)cs2)C1. The number of carboxylic acid groups (broad SMARTS) is 1. The van der Waals surface area contributed by atoms with Crippen molar-refractivity contribution in [3.63, 3.8) is 0 Å². The minimum atomic E-state index is -0.827. The Hall–Kier alpha value is -0.750. The fourth-order valence-corrected chi connectivity index (χ4v) is 3.89. The van der Waals surface area contributed by atoms with Crippen molar-refractivity contribution in [3.8, 4) is 0 Å². The van der Waals surface area contributed by atoms with Gasteiger partial charge in [-0.05, 0) is 25.5 Å². The fourth-order valence-electron chi connectivity index (χ4n) is 2.27. The highest BCUT2D eigenvalue weighted by atomic mass is 32.2. The number of thiazole rings is 1. The van der Waals surface area contributed by atoms with E-state index in [9.17, 15) is 4.79 Å². The number of aliphatic carboxylic acids is 1. The summed E-state index contributed by atoms with van der Waals surface area (Å²) in [5.74, 6) is -0.827. The van der Waals surface area contributed by atoms with Crippen molar-refractivity contribution >= 4 is 34.2 Å². The van der Waals surface area contributed by atoms with Crippen molar-refractivity contribution in [2.24, 2.45) is 0 Å². The molecule has 0 bridgehead atoms. The van der Waals surface area contributed by atoms with Gasteiger partial charge in [-0.1, -0.05) is 6.42 Å². The highest BCUT2D eigenvalue weighted by Gasteiger charge is 2.21. The van der Waals surface area contributed by atoms with Gasteiger partial charge < -0.3 is 10.4 Å². The van der Waals surface area contributed by atoms with Crippen molar-refractivity contribution in [2.75, 3.05) is 11.6 Å². The number of carboxylic acids is 1. The lowest BCUT2D eigenvalue weighted by molar-refractivity contribution is -0.136. The van der Waals surface area contributed by atoms with E-state index in [1.54, 1.807) is 0 Å². The summed E-state index contributed by atoms with van der Waals surface area (Å²) in [5, 5.41) is 15.6. The average Bonchev–Trinajstić information content (AvgIpc) is 2.76. The van der Waals surface area contributed by atoms with Crippen LogP contribution in [0, 0.1) is 0 Å². The molecule has 1 aliphatic rings. The molecule has 1 aromatic rings. The molecule has 100 valence electrons. The number of hydrogen-bond acceptors (Lipinski definition) is 5. The zero-order chi connectivity index (χ0) is 13.0. The molecule has 18 heavy (non-hydrogen) atoms. The topological polar surface area (TPSA) is 62.2 Å². The van der Waals surface area contributed by atoms with Crippen molar-refractivity contribution in [1.82, 2.24) is 4.98 Å². The summed E-state index contributed by atoms with van der Waals surface area (Å²) in [5.41, 5.74) is 0.646. The molecule has 1 fully saturated rings. The predicted molar refractivity (Wildman–Crippen MR) is 76.6 cm³/mol. The number of thioether (sulfide) groups is 1. The highest BCUT2D eigenvalue weighted by molar-refractivity contribution is 7.99. The van der Waals surface area contributed by atoms with E-state index < -0.39 is 5.97 Å². The van der Waals surface area contributed by atoms with Crippen LogP contribution >= 0.6 is 23.1 Å². The first-order valence-electron chi connectivity index (χ1n) is 6.13. The average molecular weight is 286 g/mol. The fraction of sp³-hybridized carbons (Fsp3) is 0.667. The third kappa shape index (κ3) is 3.88. The number of nitrogens with one attached hydrogen (secondary N) is 1. The van der Waals surface area contributed by atoms with E-state index >= 15 is 0 Å². The van der Waals surface area contributed by atoms with Crippen LogP contribution in [0.3, 0.4) is 0 Å². The van der Waals surface area contributed by atoms with Crippen LogP contribution in [0.4, 0.5) is 5.13 Å². The van der Waals surface area contributed by atoms with E-state index in [0.29, 0.717) is 11.7 Å². The Kier molecular flexibility index (Phi) is 4.88. The third-order valence-corrected chi connectivity index (χ3v) is 5.09. The molecule has 1 heterocycles. The van der Waals surface area contributed by atoms with Crippen LogP contribution in [0.2, 0.25) is 0 Å². The number of carbonyl (C=O) groups is 1. The van der Waals surface area contributed by atoms with Gasteiger partial charge in [0.1, 0.15) is 0 Å². The van der Waals surface area contributed by atoms with Crippen molar-refractivity contribution < 1.29 is 9.90 Å². The quantitative estimate of drug-likeness (QED) is 0.871. The Morgan fingerprint density at radius 3 is 3.22 bits per heavy atom. The Balaban J connectivity index is 1.88. The van der Waals surface area contributed by atoms with Gasteiger partial charge in [-0.2, -0.15) is 11.8 Å². The van der Waals surface area contributed by atoms with Crippen LogP contribution in [0.15, 0.2) is 5.38 Å². The van der Waals surface area contributed by atoms with Crippen molar-refractivity contribution in [2.45, 2.75) is 43.4 Å². The predicted octanol–water partition coefficient (Wildman–Crippen LogP) is 2.86. The maximum atomic E-state index is 10.6. The number of anilines is 1. The standard InChI is InChI=1S/C12H18N2O2S2/c1-17-10-4-2-3-8(5-10)13-12-14-9(7-18-12)6-11(15)16/h7-8,10H,2-6H2,1H3,(H,13,14)(H,15,16). The molecule has 0 aliphatic heterocycles. The van der Waals surface area contributed by atoms with Crippen LogP contribution in [0.1, 0.15) is 31.4 Å². The molecular weight excluding hydrogens is 268 g/mol. The van der Waals surface area contributed by atoms with Crippen molar-refractivity contribution in [1.29, 1.82) is 0 Å². The van der Waals surface area contributed by atoms with Gasteiger partial charge in [-0.15, -0.1) is 11.3 Å². The number of aromatic nitrogens is 1. The molecule has 0 radical (unpaired) electrons. The van der Waals surface area contributed by atoms with Gasteiger partial charge in [-0.3, -0.25) is 4.79 Å². The molecule has 2 unspecified atom stereocenters. The number of rotatable bonds is 5. The van der Waals surface area contributed by atoms with E-state index in [0.717, 1.165) is 10.4 Å². The van der Waals surface area contributed by atoms with Crippen LogP contribution in [0.25, 0.3) is 0 Å². The molecule has 0 aromatic carbocycles. The molecule has 2 N–H and O–H groups in total. The largest absolute Gasteiger partial charge is 0.481 e. The van der Waals surface area contributed by atoms with E-state index in [1.807, 2.05) is 17.1 Å². The lowest BCUT2D eigenvalue weighted by Crippen LogP contribution is -2.28. The molecule has 2 atom stereocenters. The molecule has 6 heteroatoms. The molecule has 2 rings (SSSR count). The molecule has 4 nitrogen and oxygen atoms in total. The summed E-state index contributed by atoms with van der Waals surface area (Å²) in [6, 6.07) is 0.486. The van der Waals surface area contributed by atoms with Gasteiger partial charge in [0.15, 0.2) is 5.13 Å². The second kappa shape index (κ2) is 6.43. The maximum absolute atomic E-state index is 10.6. The summed E-state index contributed by atoms with van der Waals surface area (Å²) in [6.45, 7) is 0. The monoisotopic (exact) mass is 286 g/mol. The van der Waals surface area contributed by atoms with E-state index in [2.05, 4.69) is 16.6 Å². The van der Waals surface area contributed by atoms with Gasteiger partial charge in [-0.25, -0.2) is 4.98 Å². The normalized spacial score (nSPS) is 23.8. The van der Waals surface area contributed by atoms with E-state index in [-0.39, 0.29) is 6.42 Å². The summed E-state index contributed by atoms with van der Waals surface area (Å²) < 4.78 is 0. The second-order valence-electron chi connectivity index (χ2n) is 4.58. The zero-order valence-electron chi connectivity index (χ0n) is 10.4. The molecule has 1 saturated carbocycles. The minimum absolute atomic E-state index is 0.0102. The maximum Gasteiger partial charge on any atom is 0.309 e. The molecule has 1 aliphatic carbocycles. The van der Waals surface area contributed by atoms with Gasteiger partial charge in [0.05, 0.1) is 12.1 Å². The third-order valence-electron chi connectivity index (χ3n) is 3.17. The lowest BCUT2D eigenvalue weighted by Gasteiger charge is -2.28. The summed E-state index contributed by atoms with van der Waals surface area (Å²) >= 11 is 3.44. The molecule has 1 aromatic heterocycles. The highest BCUT2D eigenvalue weighted by Crippen LogP contribution is 2.29. The summed E-state index contributed by atoms with van der Waals surface area (Å²) in [6.07, 6.45) is 7.11. The van der Waals surface area contributed by atoms with Crippen LogP contribution in [-0.4, -0.2) is 33.6 Å². The smallest absolute Gasteiger partial charge is 0.309 e. The Bertz CT molecular complexity index is 409. The summed E-state index contributed by atoms with van der Waals surface area (Å²) in [4.78, 5) is 14.9.